The van der Waals surface area contributed by atoms with E-state index in [1.165, 1.54) is 0 Å². The standard InChI is InChI=1S/C13H27N3O2/c1-4-7-13(10-14,8-5-2)12(18)16-9-11(17)15-6-3/h4-10,14H2,1-3H3,(H,15,17)(H,16,18). The second kappa shape index (κ2) is 8.91. The molecule has 0 aromatic rings. The summed E-state index contributed by atoms with van der Waals surface area (Å²) in [5.74, 6) is -0.260. The minimum absolute atomic E-state index is 0.0296. The van der Waals surface area contributed by atoms with E-state index in [1.807, 2.05) is 20.8 Å². The summed E-state index contributed by atoms with van der Waals surface area (Å²) in [5.41, 5.74) is 5.27. The summed E-state index contributed by atoms with van der Waals surface area (Å²) in [6.07, 6.45) is 3.34. The number of likely N-dealkylation sites (N-methyl/N-ethyl adjacent to an activating group) is 1. The van der Waals surface area contributed by atoms with Crippen LogP contribution in [0.15, 0.2) is 0 Å². The highest BCUT2D eigenvalue weighted by molar-refractivity contribution is 5.88. The van der Waals surface area contributed by atoms with Gasteiger partial charge in [0.1, 0.15) is 0 Å². The minimum atomic E-state index is -0.518. The first kappa shape index (κ1) is 16.9. The Bertz CT molecular complexity index is 261. The number of rotatable bonds is 9. The van der Waals surface area contributed by atoms with Crippen LogP contribution in [0.5, 0.6) is 0 Å². The average Bonchev–Trinajstić information content (AvgIpc) is 2.35. The summed E-state index contributed by atoms with van der Waals surface area (Å²) in [6, 6.07) is 0. The highest BCUT2D eigenvalue weighted by Crippen LogP contribution is 2.28. The van der Waals surface area contributed by atoms with E-state index in [1.54, 1.807) is 0 Å². The summed E-state index contributed by atoms with van der Waals surface area (Å²) < 4.78 is 0. The van der Waals surface area contributed by atoms with Crippen molar-refractivity contribution in [3.05, 3.63) is 0 Å². The third kappa shape index (κ3) is 5.04. The molecule has 4 N–H and O–H groups in total. The quantitative estimate of drug-likeness (QED) is 0.571. The molecule has 0 heterocycles. The van der Waals surface area contributed by atoms with Crippen molar-refractivity contribution in [1.82, 2.24) is 10.6 Å². The van der Waals surface area contributed by atoms with Crippen LogP contribution < -0.4 is 16.4 Å². The predicted molar refractivity (Wildman–Crippen MR) is 73.0 cm³/mol. The van der Waals surface area contributed by atoms with E-state index in [9.17, 15) is 9.59 Å². The maximum Gasteiger partial charge on any atom is 0.239 e. The van der Waals surface area contributed by atoms with Gasteiger partial charge >= 0.3 is 0 Å². The lowest BCUT2D eigenvalue weighted by atomic mass is 9.78. The van der Waals surface area contributed by atoms with Crippen LogP contribution in [-0.4, -0.2) is 31.4 Å². The topological polar surface area (TPSA) is 84.2 Å². The first-order valence-electron chi connectivity index (χ1n) is 6.81. The Morgan fingerprint density at radius 1 is 1.06 bits per heavy atom. The highest BCUT2D eigenvalue weighted by Gasteiger charge is 2.35. The van der Waals surface area contributed by atoms with Gasteiger partial charge < -0.3 is 16.4 Å². The molecule has 2 amide bonds. The summed E-state index contributed by atoms with van der Waals surface area (Å²) >= 11 is 0. The zero-order valence-corrected chi connectivity index (χ0v) is 11.8. The molecule has 0 saturated heterocycles. The SMILES string of the molecule is CCCC(CN)(CCC)C(=O)NCC(=O)NCC. The van der Waals surface area contributed by atoms with Gasteiger partial charge in [0, 0.05) is 13.1 Å². The Morgan fingerprint density at radius 3 is 2.00 bits per heavy atom. The maximum atomic E-state index is 12.2. The fraction of sp³-hybridized carbons (Fsp3) is 0.846. The van der Waals surface area contributed by atoms with Crippen LogP contribution in [0.3, 0.4) is 0 Å². The minimum Gasteiger partial charge on any atom is -0.355 e. The molecule has 0 rings (SSSR count). The van der Waals surface area contributed by atoms with Crippen molar-refractivity contribution in [3.8, 4) is 0 Å². The summed E-state index contributed by atoms with van der Waals surface area (Å²) in [4.78, 5) is 23.5. The number of hydrogen-bond donors (Lipinski definition) is 3. The molecule has 0 saturated carbocycles. The van der Waals surface area contributed by atoms with Crippen LogP contribution in [0, 0.1) is 5.41 Å². The number of amides is 2. The molecule has 0 fully saturated rings. The van der Waals surface area contributed by atoms with Gasteiger partial charge in [-0.25, -0.2) is 0 Å². The van der Waals surface area contributed by atoms with Crippen LogP contribution in [0.1, 0.15) is 46.5 Å². The monoisotopic (exact) mass is 257 g/mol. The van der Waals surface area contributed by atoms with Crippen molar-refractivity contribution >= 4 is 11.8 Å². The van der Waals surface area contributed by atoms with Gasteiger partial charge in [-0.05, 0) is 19.8 Å². The Labute approximate surface area is 110 Å². The third-order valence-electron chi connectivity index (χ3n) is 3.11. The summed E-state index contributed by atoms with van der Waals surface area (Å²) in [5, 5.41) is 5.35. The van der Waals surface area contributed by atoms with E-state index < -0.39 is 5.41 Å². The van der Waals surface area contributed by atoms with E-state index in [2.05, 4.69) is 10.6 Å². The number of nitrogens with one attached hydrogen (secondary N) is 2. The van der Waals surface area contributed by atoms with Gasteiger partial charge in [-0.1, -0.05) is 26.7 Å². The average molecular weight is 257 g/mol. The molecule has 0 aliphatic carbocycles. The zero-order valence-electron chi connectivity index (χ0n) is 11.8. The summed E-state index contributed by atoms with van der Waals surface area (Å²) in [7, 11) is 0. The zero-order chi connectivity index (χ0) is 14.0. The lowest BCUT2D eigenvalue weighted by Gasteiger charge is -2.30. The number of carbonyl (C=O) groups is 2. The van der Waals surface area contributed by atoms with Gasteiger partial charge in [-0.3, -0.25) is 9.59 Å². The van der Waals surface area contributed by atoms with E-state index in [0.29, 0.717) is 13.1 Å². The molecule has 5 nitrogen and oxygen atoms in total. The molecule has 18 heavy (non-hydrogen) atoms. The lowest BCUT2D eigenvalue weighted by molar-refractivity contribution is -0.133. The third-order valence-corrected chi connectivity index (χ3v) is 3.11. The smallest absolute Gasteiger partial charge is 0.239 e. The molecule has 0 radical (unpaired) electrons. The van der Waals surface area contributed by atoms with Crippen LogP contribution in [0.2, 0.25) is 0 Å². The molecule has 0 aliphatic heterocycles. The molecule has 0 bridgehead atoms. The number of carbonyl (C=O) groups excluding carboxylic acids is 2. The Balaban J connectivity index is 4.50. The van der Waals surface area contributed by atoms with Crippen molar-refractivity contribution in [1.29, 1.82) is 0 Å². The summed E-state index contributed by atoms with van der Waals surface area (Å²) in [6.45, 7) is 6.85. The first-order chi connectivity index (χ1) is 8.56. The van der Waals surface area contributed by atoms with E-state index in [0.717, 1.165) is 25.7 Å². The molecular weight excluding hydrogens is 230 g/mol. The molecular formula is C13H27N3O2. The largest absolute Gasteiger partial charge is 0.355 e. The maximum absolute atomic E-state index is 12.2. The molecule has 0 unspecified atom stereocenters. The van der Waals surface area contributed by atoms with Crippen LogP contribution in [-0.2, 0) is 9.59 Å². The van der Waals surface area contributed by atoms with Crippen molar-refractivity contribution < 1.29 is 9.59 Å². The van der Waals surface area contributed by atoms with Gasteiger partial charge in [-0.15, -0.1) is 0 Å². The molecule has 0 spiro atoms. The number of hydrogen-bond acceptors (Lipinski definition) is 3. The number of nitrogens with two attached hydrogens (primary N) is 1. The van der Waals surface area contributed by atoms with Crippen LogP contribution in [0.4, 0.5) is 0 Å². The molecule has 106 valence electrons. The first-order valence-corrected chi connectivity index (χ1v) is 6.81. The predicted octanol–water partition coefficient (Wildman–Crippen LogP) is 0.784. The van der Waals surface area contributed by atoms with Gasteiger partial charge in [0.25, 0.3) is 0 Å². The second-order valence-corrected chi connectivity index (χ2v) is 4.62. The van der Waals surface area contributed by atoms with E-state index in [4.69, 9.17) is 5.73 Å². The lowest BCUT2D eigenvalue weighted by Crippen LogP contribution is -2.48. The van der Waals surface area contributed by atoms with Crippen molar-refractivity contribution in [2.24, 2.45) is 11.1 Å². The van der Waals surface area contributed by atoms with Gasteiger partial charge in [0.15, 0.2) is 0 Å². The van der Waals surface area contributed by atoms with Crippen LogP contribution in [0.25, 0.3) is 0 Å². The Kier molecular flexibility index (Phi) is 8.37. The Morgan fingerprint density at radius 2 is 1.61 bits per heavy atom. The molecule has 5 heteroatoms. The fourth-order valence-electron chi connectivity index (χ4n) is 2.21. The fourth-order valence-corrected chi connectivity index (χ4v) is 2.21. The molecule has 0 aromatic heterocycles. The van der Waals surface area contributed by atoms with Crippen LogP contribution >= 0.6 is 0 Å². The van der Waals surface area contributed by atoms with E-state index in [-0.39, 0.29) is 18.4 Å². The van der Waals surface area contributed by atoms with Crippen molar-refractivity contribution in [3.63, 3.8) is 0 Å². The highest BCUT2D eigenvalue weighted by atomic mass is 16.2. The second-order valence-electron chi connectivity index (χ2n) is 4.62. The van der Waals surface area contributed by atoms with Crippen molar-refractivity contribution in [2.45, 2.75) is 46.5 Å². The normalized spacial score (nSPS) is 11.1. The molecule has 0 aromatic carbocycles. The van der Waals surface area contributed by atoms with E-state index >= 15 is 0 Å². The molecule has 0 atom stereocenters. The molecule has 0 aliphatic rings. The van der Waals surface area contributed by atoms with Gasteiger partial charge in [0.05, 0.1) is 12.0 Å². The van der Waals surface area contributed by atoms with Gasteiger partial charge in [0.2, 0.25) is 11.8 Å². The van der Waals surface area contributed by atoms with Gasteiger partial charge in [-0.2, -0.15) is 0 Å². The van der Waals surface area contributed by atoms with Crippen molar-refractivity contribution in [2.75, 3.05) is 19.6 Å². The Hall–Kier alpha value is -1.10.